The van der Waals surface area contributed by atoms with Gasteiger partial charge in [-0.1, -0.05) is 0 Å². The number of aromatic nitrogens is 3. The van der Waals surface area contributed by atoms with Crippen LogP contribution < -0.4 is 15.4 Å². The van der Waals surface area contributed by atoms with E-state index in [0.29, 0.717) is 12.6 Å². The van der Waals surface area contributed by atoms with Gasteiger partial charge in [0, 0.05) is 40.7 Å². The van der Waals surface area contributed by atoms with E-state index in [9.17, 15) is 0 Å². The number of nitrogens with zero attached hydrogens (tertiary/aromatic N) is 3. The number of nitrogens with one attached hydrogen (secondary N) is 3. The zero-order valence-electron chi connectivity index (χ0n) is 18.1. The number of H-pyrrole nitrogens is 1. The van der Waals surface area contributed by atoms with E-state index in [1.165, 1.54) is 5.39 Å². The highest BCUT2D eigenvalue weighted by Crippen LogP contribution is 2.23. The number of hydrogen-bond acceptors (Lipinski definition) is 6. The third kappa shape index (κ3) is 5.73. The molecule has 31 heavy (non-hydrogen) atoms. The molecule has 0 saturated heterocycles. The van der Waals surface area contributed by atoms with Crippen molar-refractivity contribution in [1.29, 1.82) is 0 Å². The highest BCUT2D eigenvalue weighted by molar-refractivity contribution is 5.84. The van der Waals surface area contributed by atoms with E-state index in [4.69, 9.17) is 4.74 Å². The SMILES string of the molecule is Cc1cc2cc(Nc3ccnc(Nc4ccc(OCCCN(C)C)cc4)n3)ccc2[nH]1. The van der Waals surface area contributed by atoms with Gasteiger partial charge in [-0.25, -0.2) is 4.98 Å². The van der Waals surface area contributed by atoms with Crippen LogP contribution in [0.25, 0.3) is 10.9 Å². The Hall–Kier alpha value is -3.58. The Morgan fingerprint density at radius 2 is 1.77 bits per heavy atom. The number of aryl methyl sites for hydroxylation is 1. The molecule has 4 aromatic rings. The molecule has 0 aliphatic heterocycles. The fourth-order valence-electron chi connectivity index (χ4n) is 3.33. The lowest BCUT2D eigenvalue weighted by atomic mass is 10.2. The van der Waals surface area contributed by atoms with Crippen LogP contribution in [0.1, 0.15) is 12.1 Å². The van der Waals surface area contributed by atoms with Gasteiger partial charge >= 0.3 is 0 Å². The van der Waals surface area contributed by atoms with Crippen LogP contribution >= 0.6 is 0 Å². The summed E-state index contributed by atoms with van der Waals surface area (Å²) in [4.78, 5) is 14.4. The predicted molar refractivity (Wildman–Crippen MR) is 127 cm³/mol. The molecule has 0 saturated carbocycles. The van der Waals surface area contributed by atoms with Crippen LogP contribution in [0.4, 0.5) is 23.1 Å². The molecule has 0 spiro atoms. The molecule has 4 rings (SSSR count). The fourth-order valence-corrected chi connectivity index (χ4v) is 3.33. The minimum atomic E-state index is 0.531. The highest BCUT2D eigenvalue weighted by atomic mass is 16.5. The van der Waals surface area contributed by atoms with Gasteiger partial charge in [-0.2, -0.15) is 4.98 Å². The predicted octanol–water partition coefficient (Wildman–Crippen LogP) is 5.08. The lowest BCUT2D eigenvalue weighted by molar-refractivity contribution is 0.281. The third-order valence-electron chi connectivity index (χ3n) is 4.81. The minimum absolute atomic E-state index is 0.531. The molecule has 160 valence electrons. The summed E-state index contributed by atoms with van der Waals surface area (Å²) in [6.45, 7) is 3.77. The molecule has 0 bridgehead atoms. The van der Waals surface area contributed by atoms with Crippen molar-refractivity contribution < 1.29 is 4.74 Å². The summed E-state index contributed by atoms with van der Waals surface area (Å²) >= 11 is 0. The number of ether oxygens (including phenoxy) is 1. The Bertz CT molecular complexity index is 1140. The molecule has 0 aliphatic rings. The Morgan fingerprint density at radius 1 is 0.968 bits per heavy atom. The van der Waals surface area contributed by atoms with Gasteiger partial charge in [0.2, 0.25) is 5.95 Å². The molecule has 2 aromatic heterocycles. The lowest BCUT2D eigenvalue weighted by Crippen LogP contribution is -2.15. The molecule has 7 heteroatoms. The third-order valence-corrected chi connectivity index (χ3v) is 4.81. The minimum Gasteiger partial charge on any atom is -0.494 e. The molecule has 0 aliphatic carbocycles. The van der Waals surface area contributed by atoms with Gasteiger partial charge in [0.25, 0.3) is 0 Å². The van der Waals surface area contributed by atoms with Gasteiger partial charge in [-0.15, -0.1) is 0 Å². The molecule has 7 nitrogen and oxygen atoms in total. The van der Waals surface area contributed by atoms with Gasteiger partial charge in [0.15, 0.2) is 0 Å². The average Bonchev–Trinajstić information content (AvgIpc) is 3.12. The first kappa shape index (κ1) is 20.7. The van der Waals surface area contributed by atoms with Crippen LogP contribution in [-0.4, -0.2) is 47.1 Å². The maximum Gasteiger partial charge on any atom is 0.229 e. The smallest absolute Gasteiger partial charge is 0.229 e. The first-order valence-corrected chi connectivity index (χ1v) is 10.4. The number of fused-ring (bicyclic) bond motifs is 1. The van der Waals surface area contributed by atoms with Crippen molar-refractivity contribution in [3.8, 4) is 5.75 Å². The van der Waals surface area contributed by atoms with Crippen molar-refractivity contribution in [3.63, 3.8) is 0 Å². The van der Waals surface area contributed by atoms with Gasteiger partial charge in [-0.05, 0) is 82.0 Å². The first-order valence-electron chi connectivity index (χ1n) is 10.4. The Morgan fingerprint density at radius 3 is 2.58 bits per heavy atom. The molecule has 2 heterocycles. The Kier molecular flexibility index (Phi) is 6.33. The van der Waals surface area contributed by atoms with Gasteiger partial charge in [0.05, 0.1) is 6.61 Å². The quantitative estimate of drug-likeness (QED) is 0.330. The van der Waals surface area contributed by atoms with Crippen LogP contribution in [-0.2, 0) is 0 Å². The number of anilines is 4. The normalized spacial score (nSPS) is 11.1. The van der Waals surface area contributed by atoms with E-state index in [2.05, 4.69) is 69.7 Å². The summed E-state index contributed by atoms with van der Waals surface area (Å²) in [5.74, 6) is 2.11. The summed E-state index contributed by atoms with van der Waals surface area (Å²) in [6, 6.07) is 18.0. The molecule has 2 aromatic carbocycles. The molecular formula is C24H28N6O. The van der Waals surface area contributed by atoms with Crippen LogP contribution in [0.2, 0.25) is 0 Å². The Labute approximate surface area is 182 Å². The number of benzene rings is 2. The fraction of sp³-hybridized carbons (Fsp3) is 0.250. The van der Waals surface area contributed by atoms with E-state index >= 15 is 0 Å². The largest absolute Gasteiger partial charge is 0.494 e. The standard InChI is InChI=1S/C24H28N6O/c1-17-15-18-16-20(7-10-22(18)26-17)27-23-11-12-25-24(29-23)28-19-5-8-21(9-6-19)31-14-4-13-30(2)3/h5-12,15-16,26H,4,13-14H2,1-3H3,(H2,25,27,28,29). The summed E-state index contributed by atoms with van der Waals surface area (Å²) in [5.41, 5.74) is 4.15. The molecular weight excluding hydrogens is 388 g/mol. The lowest BCUT2D eigenvalue weighted by Gasteiger charge is -2.11. The second-order valence-corrected chi connectivity index (χ2v) is 7.80. The number of rotatable bonds is 9. The van der Waals surface area contributed by atoms with E-state index < -0.39 is 0 Å². The van der Waals surface area contributed by atoms with Crippen molar-refractivity contribution in [2.45, 2.75) is 13.3 Å². The van der Waals surface area contributed by atoms with E-state index in [0.717, 1.165) is 47.1 Å². The summed E-state index contributed by atoms with van der Waals surface area (Å²) < 4.78 is 5.78. The zero-order valence-corrected chi connectivity index (χ0v) is 18.1. The maximum atomic E-state index is 5.78. The molecule has 0 fully saturated rings. The van der Waals surface area contributed by atoms with Crippen molar-refractivity contribution >= 4 is 34.0 Å². The van der Waals surface area contributed by atoms with Gasteiger partial charge in [0.1, 0.15) is 11.6 Å². The maximum absolute atomic E-state index is 5.78. The molecule has 0 unspecified atom stereocenters. The van der Waals surface area contributed by atoms with Gasteiger partial charge < -0.3 is 25.3 Å². The highest BCUT2D eigenvalue weighted by Gasteiger charge is 2.04. The summed E-state index contributed by atoms with van der Waals surface area (Å²) in [6.07, 6.45) is 2.73. The van der Waals surface area contributed by atoms with E-state index in [1.54, 1.807) is 6.20 Å². The van der Waals surface area contributed by atoms with Crippen LogP contribution in [0.5, 0.6) is 5.75 Å². The average molecular weight is 417 g/mol. The molecule has 0 radical (unpaired) electrons. The first-order chi connectivity index (χ1) is 15.0. The Balaban J connectivity index is 1.36. The molecule has 0 amide bonds. The van der Waals surface area contributed by atoms with Crippen molar-refractivity contribution in [1.82, 2.24) is 19.9 Å². The molecule has 0 atom stereocenters. The van der Waals surface area contributed by atoms with Crippen LogP contribution in [0.3, 0.4) is 0 Å². The zero-order chi connectivity index (χ0) is 21.6. The molecule has 3 N–H and O–H groups in total. The van der Waals surface area contributed by atoms with Crippen LogP contribution in [0, 0.1) is 6.92 Å². The number of aromatic amines is 1. The monoisotopic (exact) mass is 416 g/mol. The number of hydrogen-bond donors (Lipinski definition) is 3. The van der Waals surface area contributed by atoms with Crippen LogP contribution in [0.15, 0.2) is 60.8 Å². The van der Waals surface area contributed by atoms with Crippen molar-refractivity contribution in [2.75, 3.05) is 37.9 Å². The van der Waals surface area contributed by atoms with Crippen molar-refractivity contribution in [3.05, 3.63) is 66.5 Å². The van der Waals surface area contributed by atoms with E-state index in [1.807, 2.05) is 36.4 Å². The van der Waals surface area contributed by atoms with E-state index in [-0.39, 0.29) is 0 Å². The second-order valence-electron chi connectivity index (χ2n) is 7.80. The topological polar surface area (TPSA) is 78.1 Å². The second kappa shape index (κ2) is 9.49. The summed E-state index contributed by atoms with van der Waals surface area (Å²) in [7, 11) is 4.13. The van der Waals surface area contributed by atoms with Crippen molar-refractivity contribution in [2.24, 2.45) is 0 Å². The summed E-state index contributed by atoms with van der Waals surface area (Å²) in [5, 5.41) is 7.76. The van der Waals surface area contributed by atoms with Gasteiger partial charge in [-0.3, -0.25) is 0 Å².